The summed E-state index contributed by atoms with van der Waals surface area (Å²) in [7, 11) is -28.0. The zero-order valence-corrected chi connectivity index (χ0v) is 27.1. The van der Waals surface area contributed by atoms with E-state index in [-0.39, 0.29) is 29.6 Å². The molecule has 2 heterocycles. The Hall–Kier alpha value is -0.340. The van der Waals surface area contributed by atoms with E-state index in [0.29, 0.717) is 0 Å². The largest absolute Gasteiger partial charge is 0.479 e. The molecule has 7 N–H and O–H groups in total. The van der Waals surface area contributed by atoms with Gasteiger partial charge in [-0.15, -0.1) is 0 Å². The van der Waals surface area contributed by atoms with Crippen LogP contribution in [0.5, 0.6) is 0 Å². The Balaban J connectivity index is 0.00000968. The van der Waals surface area contributed by atoms with Gasteiger partial charge in [0, 0.05) is 29.6 Å². The van der Waals surface area contributed by atoms with E-state index in [1.54, 1.807) is 0 Å². The molecule has 2 saturated heterocycles. The summed E-state index contributed by atoms with van der Waals surface area (Å²) in [5.74, 6) is -2.30. The molecule has 32 heteroatoms. The van der Waals surface area contributed by atoms with Gasteiger partial charge < -0.3 is 24.4 Å². The Morgan fingerprint density at radius 2 is 1.00 bits per heavy atom. The maximum atomic E-state index is 11.8. The first kappa shape index (κ1) is 41.7. The molecule has 1 radical (unpaired) electrons. The van der Waals surface area contributed by atoms with Crippen molar-refractivity contribution in [2.24, 2.45) is 0 Å². The first-order valence-corrected chi connectivity index (χ1v) is 17.1. The van der Waals surface area contributed by atoms with Crippen LogP contribution in [0.1, 0.15) is 0 Å². The van der Waals surface area contributed by atoms with Crippen molar-refractivity contribution in [3.8, 4) is 0 Å². The normalized spacial score (nSPS) is 32.2. The van der Waals surface area contributed by atoms with Crippen molar-refractivity contribution in [2.75, 3.05) is 13.2 Å². The number of hydrogen-bond donors (Lipinski definition) is 7. The fraction of sp³-hybridized carbons (Fsp3) is 0.917. The second-order valence-electron chi connectivity index (χ2n) is 7.96. The molecule has 255 valence electrons. The van der Waals surface area contributed by atoms with Gasteiger partial charge in [-0.25, -0.2) is 25.7 Å². The number of aliphatic hydroxyl groups excluding tert-OH is 1. The third-order valence-corrected chi connectivity index (χ3v) is 7.19. The van der Waals surface area contributed by atoms with E-state index >= 15 is 0 Å². The summed E-state index contributed by atoms with van der Waals surface area (Å²) >= 11 is 0. The van der Waals surface area contributed by atoms with Crippen LogP contribution in [0.2, 0.25) is 0 Å². The number of aliphatic carboxylic acids is 1. The summed E-state index contributed by atoms with van der Waals surface area (Å²) in [5, 5.41) is 20.1. The first-order chi connectivity index (χ1) is 19.2. The van der Waals surface area contributed by atoms with Crippen LogP contribution in [0, 0.1) is 0 Å². The zero-order chi connectivity index (χ0) is 33.3. The molecule has 0 spiro atoms. The smallest absolute Gasteiger partial charge is 0.397 e. The minimum absolute atomic E-state index is 0. The average molecular weight is 764 g/mol. The minimum atomic E-state index is -5.88. The van der Waals surface area contributed by atoms with Crippen molar-refractivity contribution in [2.45, 2.75) is 55.1 Å². The summed E-state index contributed by atoms with van der Waals surface area (Å²) in [5.41, 5.74) is 0. The molecule has 0 aromatic rings. The number of carboxylic acid groups (broad SMARTS) is 1. The van der Waals surface area contributed by atoms with E-state index in [1.165, 1.54) is 0 Å². The average Bonchev–Trinajstić information content (AvgIpc) is 3.05. The molecule has 0 aromatic carbocycles. The van der Waals surface area contributed by atoms with Crippen molar-refractivity contribution < 1.29 is 115 Å². The van der Waals surface area contributed by atoms with Crippen molar-refractivity contribution in [3.63, 3.8) is 0 Å². The predicted molar refractivity (Wildman–Crippen MR) is 126 cm³/mol. The van der Waals surface area contributed by atoms with Gasteiger partial charge in [0.2, 0.25) is 0 Å². The Kier molecular flexibility index (Phi) is 14.5. The van der Waals surface area contributed by atoms with Crippen LogP contribution in [-0.2, 0) is 91.9 Å². The van der Waals surface area contributed by atoms with Crippen LogP contribution < -0.4 is 0 Å². The van der Waals surface area contributed by atoms with Crippen LogP contribution in [0.15, 0.2) is 0 Å². The summed E-state index contributed by atoms with van der Waals surface area (Å²) in [6.45, 7) is -2.61. The molecule has 2 aliphatic heterocycles. The summed E-state index contributed by atoms with van der Waals surface area (Å²) in [4.78, 5) is 11.8. The Morgan fingerprint density at radius 3 is 1.41 bits per heavy atom. The van der Waals surface area contributed by atoms with E-state index in [1.807, 2.05) is 0 Å². The third kappa shape index (κ3) is 13.8. The number of carbonyl (C=O) groups is 1. The SMILES string of the molecule is O=C(O)C1OC(OC2C(COS(=O)(=O)O)OC(COS(=O)(=O)O)C2O)C(OS(=O)(=O)O)C(OS(=O)(=O)O)C1OS(=O)(=O)O.[Na]. The maximum absolute atomic E-state index is 11.8. The van der Waals surface area contributed by atoms with Gasteiger partial charge >= 0.3 is 58.0 Å². The van der Waals surface area contributed by atoms with Crippen LogP contribution in [-0.4, -0.2) is 179 Å². The fourth-order valence-electron chi connectivity index (χ4n) is 3.57. The quantitative estimate of drug-likeness (QED) is 0.0603. The van der Waals surface area contributed by atoms with Gasteiger partial charge in [-0.1, -0.05) is 0 Å². The zero-order valence-electron chi connectivity index (χ0n) is 21.0. The molecule has 0 amide bonds. The minimum Gasteiger partial charge on any atom is -0.479 e. The summed E-state index contributed by atoms with van der Waals surface area (Å²) in [6, 6.07) is 0. The van der Waals surface area contributed by atoms with Gasteiger partial charge in [0.1, 0.15) is 36.6 Å². The predicted octanol–water partition coefficient (Wildman–Crippen LogP) is -5.87. The molecule has 9 unspecified atom stereocenters. The van der Waals surface area contributed by atoms with Gasteiger partial charge in [-0.2, -0.15) is 42.1 Å². The summed E-state index contributed by atoms with van der Waals surface area (Å²) in [6.07, 6.45) is -23.3. The molecular weight excluding hydrogens is 743 g/mol. The maximum Gasteiger partial charge on any atom is 0.397 e. The Labute approximate surface area is 269 Å². The van der Waals surface area contributed by atoms with Crippen molar-refractivity contribution in [1.82, 2.24) is 0 Å². The van der Waals surface area contributed by atoms with Crippen molar-refractivity contribution in [3.05, 3.63) is 0 Å². The van der Waals surface area contributed by atoms with E-state index in [2.05, 4.69) is 20.9 Å². The molecule has 0 aromatic heterocycles. The Morgan fingerprint density at radius 1 is 0.591 bits per heavy atom. The molecule has 2 aliphatic rings. The fourth-order valence-corrected chi connectivity index (χ4v) is 5.66. The van der Waals surface area contributed by atoms with Crippen LogP contribution in [0.25, 0.3) is 0 Å². The van der Waals surface area contributed by atoms with Crippen LogP contribution in [0.4, 0.5) is 0 Å². The van der Waals surface area contributed by atoms with Gasteiger partial charge in [-0.3, -0.25) is 22.8 Å². The topological polar surface area (TPSA) is 403 Å². The standard InChI is InChI=1S/C12H20O26S5.Na/c13-5-3(1-31-39(16,17)18)33-4(2-32-40(19,20)21)6(5)34-12-10(38-43(28,29)30)8(37-42(25,26)27)7(36-41(22,23)24)9(35-12)11(14)15;/h3-10,12-13H,1-2H2,(H,14,15)(H,16,17,18)(H,19,20,21)(H,22,23,24)(H,25,26,27)(H,28,29,30);. The van der Waals surface area contributed by atoms with Crippen molar-refractivity contribution >= 4 is 87.5 Å². The molecular formula is C12H20NaO26S5. The molecule has 2 fully saturated rings. The van der Waals surface area contributed by atoms with E-state index in [4.69, 9.17) is 32.4 Å². The van der Waals surface area contributed by atoms with E-state index < -0.39 is 126 Å². The second kappa shape index (κ2) is 15.3. The molecule has 0 bridgehead atoms. The molecule has 9 atom stereocenters. The second-order valence-corrected chi connectivity index (χ2v) is 13.3. The number of rotatable bonds is 15. The molecule has 0 saturated carbocycles. The Bertz CT molecular complexity index is 1550. The monoisotopic (exact) mass is 763 g/mol. The number of ether oxygens (including phenoxy) is 3. The van der Waals surface area contributed by atoms with Crippen LogP contribution in [0.3, 0.4) is 0 Å². The molecule has 0 aliphatic carbocycles. The van der Waals surface area contributed by atoms with Crippen molar-refractivity contribution in [1.29, 1.82) is 0 Å². The summed E-state index contributed by atoms with van der Waals surface area (Å²) < 4.78 is 193. The van der Waals surface area contributed by atoms with Crippen LogP contribution >= 0.6 is 0 Å². The van der Waals surface area contributed by atoms with Gasteiger partial charge in [0.05, 0.1) is 13.2 Å². The molecule has 2 rings (SSSR count). The van der Waals surface area contributed by atoms with E-state index in [0.717, 1.165) is 0 Å². The molecule has 44 heavy (non-hydrogen) atoms. The van der Waals surface area contributed by atoms with Gasteiger partial charge in [0.25, 0.3) is 0 Å². The number of carboxylic acids is 1. The number of aliphatic hydroxyl groups is 1. The third-order valence-electron chi connectivity index (χ3n) is 4.92. The number of hydrogen-bond acceptors (Lipinski definition) is 20. The first-order valence-electron chi connectivity index (χ1n) is 10.2. The van der Waals surface area contributed by atoms with Gasteiger partial charge in [0.15, 0.2) is 18.5 Å². The van der Waals surface area contributed by atoms with Gasteiger partial charge in [-0.05, 0) is 0 Å². The van der Waals surface area contributed by atoms with E-state index in [9.17, 15) is 61.6 Å². The molecule has 26 nitrogen and oxygen atoms in total.